The molecular weight excluding hydrogens is 1550 g/mol. The molecule has 3 saturated heterocycles. The fourth-order valence-electron chi connectivity index (χ4n) is 16.9. The molecule has 115 heavy (non-hydrogen) atoms. The number of phenols is 3. The van der Waals surface area contributed by atoms with E-state index in [1.165, 1.54) is 75.9 Å². The second-order valence-electron chi connectivity index (χ2n) is 30.3. The third-order valence-corrected chi connectivity index (χ3v) is 23.3. The minimum Gasteiger partial charge on any atom is -0.872 e. The van der Waals surface area contributed by atoms with Crippen molar-refractivity contribution >= 4 is 52.0 Å². The molecule has 3 aliphatic heterocycles. The minimum atomic E-state index is -2.04. The average molecular weight is 1640 g/mol. The quantitative estimate of drug-likeness (QED) is 0.0764. The monoisotopic (exact) mass is 1630 g/mol. The number of rotatable bonds is 12. The van der Waals surface area contributed by atoms with Crippen molar-refractivity contribution in [1.82, 2.24) is 0 Å². The predicted octanol–water partition coefficient (Wildman–Crippen LogP) is 1.19. The number of ether oxygens (including phenoxy) is 9. The number of phenolic OH excluding ortho intramolecular Hbond substituents is 3. The number of nitrogens with two attached hydrogens (primary N) is 3. The van der Waals surface area contributed by atoms with Crippen LogP contribution in [0.3, 0.4) is 0 Å². The third kappa shape index (κ3) is 14.1. The number of benzene rings is 6. The number of methoxy groups -OCH3 is 3. The van der Waals surface area contributed by atoms with Crippen LogP contribution < -0.4 is 46.7 Å². The molecule has 6 aromatic rings. The van der Waals surface area contributed by atoms with Crippen LogP contribution in [0, 0.1) is 0 Å². The first-order valence-corrected chi connectivity index (χ1v) is 36.7. The molecule has 0 saturated carbocycles. The van der Waals surface area contributed by atoms with Gasteiger partial charge in [0.15, 0.2) is 53.6 Å². The van der Waals surface area contributed by atoms with Gasteiger partial charge in [0, 0.05) is 126 Å². The maximum absolute atomic E-state index is 13.7. The van der Waals surface area contributed by atoms with Crippen LogP contribution in [0.4, 0.5) is 0 Å². The van der Waals surface area contributed by atoms with E-state index >= 15 is 0 Å². The number of aromatic hydroxyl groups is 3. The van der Waals surface area contributed by atoms with E-state index in [0.717, 1.165) is 20.8 Å². The van der Waals surface area contributed by atoms with E-state index in [4.69, 9.17) is 59.8 Å². The van der Waals surface area contributed by atoms with E-state index in [2.05, 4.69) is 0 Å². The summed E-state index contributed by atoms with van der Waals surface area (Å²) in [7, 11) is 3.98. The summed E-state index contributed by atoms with van der Waals surface area (Å²) in [4.78, 5) is 119. The molecule has 15 N–H and O–H groups in total. The zero-order valence-electron chi connectivity index (χ0n) is 63.4. The Labute approximate surface area is 666 Å². The van der Waals surface area contributed by atoms with Crippen LogP contribution >= 0.6 is 0 Å². The summed E-state index contributed by atoms with van der Waals surface area (Å²) in [5.74, 6) is -10.9. The van der Waals surface area contributed by atoms with Crippen LogP contribution in [0.15, 0.2) is 54.6 Å². The molecule has 9 aliphatic rings. The Balaban J connectivity index is 0.000000159. The summed E-state index contributed by atoms with van der Waals surface area (Å²) < 4.78 is 51.0. The number of hydrogen-bond acceptors (Lipinski definition) is 33. The SMILES string of the molecule is COc1cccc2c1C(=O)c1c(O)c3c(c([O-])c1C2=O)CC(O)(C(C)=O)CC3OC1CC(N)C(O)C(C)O1.COc1cccc2c1C(=O)c1c(O)c3c(c([O-])c1C2=O)CC(O)(C(C)=O)CC3OC1CC(N)C(O)C(C)O1.COc1cccc2c1C(=O)c1c(O)c3c(c([O-])c1C2=O)CC(O)(C(C)=O)CC3OC1CC(N)C(O)C(C)O1.[Fe+3]. The summed E-state index contributed by atoms with van der Waals surface area (Å²) in [6, 6.07) is 11.0. The Bertz CT molecular complexity index is 4580. The number of aliphatic hydroxyl groups excluding tert-OH is 3. The third-order valence-electron chi connectivity index (χ3n) is 23.3. The van der Waals surface area contributed by atoms with Crippen LogP contribution in [-0.4, -0.2) is 210 Å². The van der Waals surface area contributed by atoms with Gasteiger partial charge in [-0.15, -0.1) is 0 Å². The molecule has 0 amide bonds. The van der Waals surface area contributed by atoms with Gasteiger partial charge in [0.25, 0.3) is 0 Å². The van der Waals surface area contributed by atoms with Crippen LogP contribution in [0.1, 0.15) is 227 Å². The predicted molar refractivity (Wildman–Crippen MR) is 384 cm³/mol. The zero-order chi connectivity index (χ0) is 83.0. The van der Waals surface area contributed by atoms with E-state index in [1.54, 1.807) is 20.8 Å². The maximum atomic E-state index is 13.7. The van der Waals surface area contributed by atoms with Gasteiger partial charge in [-0.3, -0.25) is 43.2 Å². The van der Waals surface area contributed by atoms with E-state index in [-0.39, 0.29) is 140 Å². The van der Waals surface area contributed by atoms with E-state index < -0.39 is 248 Å². The molecule has 15 rings (SSSR count). The van der Waals surface area contributed by atoms with Crippen molar-refractivity contribution in [3.63, 3.8) is 0 Å². The first kappa shape index (κ1) is 84.9. The first-order valence-electron chi connectivity index (χ1n) is 36.7. The second kappa shape index (κ2) is 31.5. The van der Waals surface area contributed by atoms with Gasteiger partial charge < -0.3 is 121 Å². The molecule has 1 radical (unpaired) electrons. The molecule has 611 valence electrons. The topological polar surface area (TPSA) is 566 Å². The molecule has 0 spiro atoms. The zero-order valence-corrected chi connectivity index (χ0v) is 64.5. The van der Waals surface area contributed by atoms with Crippen LogP contribution in [-0.2, 0) is 79.1 Å². The number of fused-ring (bicyclic) bond motifs is 9. The number of carbonyl (C=O) groups is 9. The molecule has 18 unspecified atom stereocenters. The minimum absolute atomic E-state index is 0. The maximum Gasteiger partial charge on any atom is 3.00 e. The van der Waals surface area contributed by atoms with E-state index in [9.17, 15) is 104 Å². The van der Waals surface area contributed by atoms with Crippen molar-refractivity contribution in [2.45, 2.75) is 208 Å². The van der Waals surface area contributed by atoms with Crippen LogP contribution in [0.25, 0.3) is 0 Å². The van der Waals surface area contributed by atoms with Crippen molar-refractivity contribution < 1.29 is 164 Å². The average Bonchev–Trinajstić information content (AvgIpc) is 0.720. The molecule has 18 atom stereocenters. The first-order chi connectivity index (χ1) is 53.7. The van der Waals surface area contributed by atoms with E-state index in [1.807, 2.05) is 0 Å². The van der Waals surface area contributed by atoms with Crippen molar-refractivity contribution in [3.05, 3.63) is 155 Å². The molecule has 34 heteroatoms. The van der Waals surface area contributed by atoms with Gasteiger partial charge in [-0.05, 0) is 76.4 Å². The Hall–Kier alpha value is -9.53. The Morgan fingerprint density at radius 1 is 0.409 bits per heavy atom. The largest absolute Gasteiger partial charge is 3.00 e. The van der Waals surface area contributed by atoms with Gasteiger partial charge in [-0.1, -0.05) is 53.6 Å². The summed E-state index contributed by atoms with van der Waals surface area (Å²) in [6.45, 7) is 8.27. The number of carbonyl (C=O) groups excluding carboxylic acids is 9. The van der Waals surface area contributed by atoms with Crippen molar-refractivity contribution in [1.29, 1.82) is 0 Å². The molecule has 3 heterocycles. The van der Waals surface area contributed by atoms with Gasteiger partial charge in [-0.2, -0.15) is 0 Å². The van der Waals surface area contributed by atoms with Crippen molar-refractivity contribution in [2.24, 2.45) is 17.2 Å². The number of ketones is 9. The molecule has 6 aromatic carbocycles. The van der Waals surface area contributed by atoms with Gasteiger partial charge in [0.05, 0.1) is 110 Å². The number of hydrogen-bond donors (Lipinski definition) is 12. The Kier molecular flexibility index (Phi) is 23.2. The fraction of sp³-hybridized carbons (Fsp3) is 0.444. The van der Waals surface area contributed by atoms with Gasteiger partial charge in [0.2, 0.25) is 17.3 Å². The number of aliphatic hydroxyl groups is 6. The molecule has 6 aliphatic carbocycles. The smallest absolute Gasteiger partial charge is 0.872 e. The standard InChI is InChI=1S/3C27H29NO10.Fe/c3*1-10-22(30)14(28)7-17(37-10)38-16-9-27(35,11(2)29)8-13-19(16)26(34)21-20(24(13)32)23(31)12-5-4-6-15(36-3)18(12)25(21)33;/h3*4-6,10,14,16-17,22,30,32,34-35H,7-9,28H2,1-3H3;/q;;;+3/p-3. The Morgan fingerprint density at radius 2 is 0.643 bits per heavy atom. The van der Waals surface area contributed by atoms with Gasteiger partial charge in [0.1, 0.15) is 51.3 Å². The molecule has 0 bridgehead atoms. The fourth-order valence-corrected chi connectivity index (χ4v) is 16.9. The van der Waals surface area contributed by atoms with Crippen molar-refractivity contribution in [3.8, 4) is 51.7 Å². The van der Waals surface area contributed by atoms with Crippen molar-refractivity contribution in [2.75, 3.05) is 21.3 Å². The molecule has 3 fully saturated rings. The normalized spacial score (nSPS) is 30.1. The van der Waals surface area contributed by atoms with Gasteiger partial charge in [-0.25, -0.2) is 0 Å². The van der Waals surface area contributed by atoms with Crippen LogP contribution in [0.2, 0.25) is 0 Å². The molecule has 0 aromatic heterocycles. The summed E-state index contributed by atoms with van der Waals surface area (Å²) >= 11 is 0. The van der Waals surface area contributed by atoms with E-state index in [0.29, 0.717) is 0 Å². The summed E-state index contributed by atoms with van der Waals surface area (Å²) in [6.07, 6.45) is -14.2. The molecular formula is C81H84FeN3O30. The Morgan fingerprint density at radius 3 is 0.852 bits per heavy atom. The molecule has 33 nitrogen and oxygen atoms in total. The summed E-state index contributed by atoms with van der Waals surface area (Å²) in [5, 5.41) is 139. The van der Waals surface area contributed by atoms with Gasteiger partial charge >= 0.3 is 17.1 Å². The van der Waals surface area contributed by atoms with Crippen LogP contribution in [0.5, 0.6) is 51.7 Å². The summed E-state index contributed by atoms with van der Waals surface area (Å²) in [5.41, 5.74) is 7.52. The second-order valence-corrected chi connectivity index (χ2v) is 30.3. The number of Topliss-reactive ketones (excluding diaryl/α,β-unsaturated/α-hetero) is 3.